The molecule has 7 nitrogen and oxygen atoms in total. The van der Waals surface area contributed by atoms with Gasteiger partial charge in [0.25, 0.3) is 0 Å². The quantitative estimate of drug-likeness (QED) is 0.0766. The average Bonchev–Trinajstić information content (AvgIpc) is 3.48. The molecular formula is C40H36ClN3O4S. The molecule has 0 saturated carbocycles. The number of unbranched alkanes of at least 4 members (excludes halogenated alkanes) is 1. The van der Waals surface area contributed by atoms with Crippen molar-refractivity contribution in [3.05, 3.63) is 141 Å². The van der Waals surface area contributed by atoms with Gasteiger partial charge in [0.2, 0.25) is 0 Å². The molecule has 2 aromatic heterocycles. The maximum atomic E-state index is 12.4. The second-order valence-corrected chi connectivity index (χ2v) is 12.6. The molecule has 0 N–H and O–H groups in total. The number of esters is 2. The lowest BCUT2D eigenvalue weighted by Crippen LogP contribution is -2.09. The van der Waals surface area contributed by atoms with Gasteiger partial charge in [-0.3, -0.25) is 0 Å². The van der Waals surface area contributed by atoms with Crippen LogP contribution >= 0.6 is 23.8 Å². The summed E-state index contributed by atoms with van der Waals surface area (Å²) in [5, 5.41) is 0.512. The van der Waals surface area contributed by atoms with Crippen LogP contribution in [0.1, 0.15) is 57.4 Å². The van der Waals surface area contributed by atoms with Crippen molar-refractivity contribution in [1.82, 2.24) is 14.1 Å². The van der Waals surface area contributed by atoms with E-state index in [2.05, 4.69) is 23.6 Å². The number of imidazole rings is 1. The number of hydrogen-bond acceptors (Lipinski definition) is 6. The molecule has 49 heavy (non-hydrogen) atoms. The Bertz CT molecular complexity index is 2210. The minimum Gasteiger partial charge on any atom is -0.465 e. The Morgan fingerprint density at radius 1 is 0.735 bits per heavy atom. The zero-order chi connectivity index (χ0) is 34.5. The smallest absolute Gasteiger partial charge is 0.338 e. The largest absolute Gasteiger partial charge is 0.465 e. The normalized spacial score (nSPS) is 11.1. The van der Waals surface area contributed by atoms with Crippen molar-refractivity contribution < 1.29 is 19.1 Å². The summed E-state index contributed by atoms with van der Waals surface area (Å²) in [6.45, 7) is 3.21. The van der Waals surface area contributed by atoms with Gasteiger partial charge in [-0.05, 0) is 51.9 Å². The molecule has 2 heterocycles. The number of benzene rings is 4. The number of hydrogen-bond donors (Lipinski definition) is 0. The number of halogens is 1. The van der Waals surface area contributed by atoms with Crippen molar-refractivity contribution in [3.8, 4) is 22.3 Å². The van der Waals surface area contributed by atoms with Gasteiger partial charge in [0, 0.05) is 25.6 Å². The average molecular weight is 690 g/mol. The van der Waals surface area contributed by atoms with Crippen LogP contribution in [-0.2, 0) is 29.0 Å². The fourth-order valence-electron chi connectivity index (χ4n) is 6.09. The SMILES string of the molecule is CCCCc1nc2cc(Cl)n(Cc3ccc(-c4ccccc4C(=O)OC)cc3)c(=S)c2n1Cc1ccc(-c2ccccc2C(=O)OC)cc1. The molecule has 0 aliphatic carbocycles. The van der Waals surface area contributed by atoms with Crippen LogP contribution in [-0.4, -0.2) is 40.3 Å². The van der Waals surface area contributed by atoms with E-state index in [1.54, 1.807) is 12.1 Å². The summed E-state index contributed by atoms with van der Waals surface area (Å²) in [5.74, 6) is 0.223. The number of aryl methyl sites for hydroxylation is 1. The van der Waals surface area contributed by atoms with Gasteiger partial charge in [-0.25, -0.2) is 14.6 Å². The maximum Gasteiger partial charge on any atom is 0.338 e. The Morgan fingerprint density at radius 3 is 1.71 bits per heavy atom. The number of carbonyl (C=O) groups excluding carboxylic acids is 2. The number of pyridine rings is 1. The molecule has 6 aromatic rings. The van der Waals surface area contributed by atoms with E-state index in [0.717, 1.165) is 69.5 Å². The lowest BCUT2D eigenvalue weighted by atomic mass is 9.98. The van der Waals surface area contributed by atoms with Crippen LogP contribution in [0.2, 0.25) is 5.15 Å². The summed E-state index contributed by atoms with van der Waals surface area (Å²) in [5.41, 5.74) is 8.24. The standard InChI is InChI=1S/C40H36ClN3O4S/c1-4-5-14-36-42-34-23-35(41)43(24-26-15-19-28(20-16-26)30-10-6-8-12-32(30)39(45)47-2)38(49)37(34)44(36)25-27-17-21-29(22-18-27)31-11-7-9-13-33(31)40(46)48-3/h6-13,15-23H,4-5,14,24-25H2,1-3H3. The molecule has 0 aliphatic heterocycles. The van der Waals surface area contributed by atoms with Crippen LogP contribution in [0.3, 0.4) is 0 Å². The van der Waals surface area contributed by atoms with Gasteiger partial charge >= 0.3 is 11.9 Å². The topological polar surface area (TPSA) is 75.4 Å². The van der Waals surface area contributed by atoms with E-state index in [0.29, 0.717) is 34.0 Å². The van der Waals surface area contributed by atoms with Crippen LogP contribution in [0.4, 0.5) is 0 Å². The van der Waals surface area contributed by atoms with Gasteiger partial charge in [0.15, 0.2) is 0 Å². The first-order chi connectivity index (χ1) is 23.8. The van der Waals surface area contributed by atoms with Gasteiger partial charge in [0.1, 0.15) is 21.1 Å². The van der Waals surface area contributed by atoms with E-state index >= 15 is 0 Å². The lowest BCUT2D eigenvalue weighted by Gasteiger charge is -2.14. The van der Waals surface area contributed by atoms with E-state index in [1.807, 2.05) is 83.4 Å². The molecule has 0 unspecified atom stereocenters. The first-order valence-electron chi connectivity index (χ1n) is 16.1. The predicted molar refractivity (Wildman–Crippen MR) is 197 cm³/mol. The van der Waals surface area contributed by atoms with Crippen LogP contribution in [0.5, 0.6) is 0 Å². The number of fused-ring (bicyclic) bond motifs is 1. The molecule has 0 fully saturated rings. The fourth-order valence-corrected chi connectivity index (χ4v) is 6.77. The van der Waals surface area contributed by atoms with Crippen LogP contribution in [0, 0.1) is 4.64 Å². The van der Waals surface area contributed by atoms with E-state index in [1.165, 1.54) is 14.2 Å². The maximum absolute atomic E-state index is 12.4. The predicted octanol–water partition coefficient (Wildman–Crippen LogP) is 9.57. The fraction of sp³-hybridized carbons (Fsp3) is 0.200. The molecule has 6 rings (SSSR count). The van der Waals surface area contributed by atoms with Crippen molar-refractivity contribution in [3.63, 3.8) is 0 Å². The Balaban J connectivity index is 1.33. The number of aromatic nitrogens is 3. The summed E-state index contributed by atoms with van der Waals surface area (Å²) in [6.07, 6.45) is 2.86. The van der Waals surface area contributed by atoms with E-state index < -0.39 is 0 Å². The Labute approximate surface area is 295 Å². The molecule has 4 aromatic carbocycles. The van der Waals surface area contributed by atoms with E-state index in [4.69, 9.17) is 38.3 Å². The number of carbonyl (C=O) groups is 2. The highest BCUT2D eigenvalue weighted by molar-refractivity contribution is 7.71. The molecule has 0 atom stereocenters. The Morgan fingerprint density at radius 2 is 1.22 bits per heavy atom. The summed E-state index contributed by atoms with van der Waals surface area (Å²) in [7, 11) is 2.78. The third kappa shape index (κ3) is 7.07. The number of nitrogens with zero attached hydrogens (tertiary/aromatic N) is 3. The highest BCUT2D eigenvalue weighted by Gasteiger charge is 2.18. The minimum absolute atomic E-state index is 0.366. The lowest BCUT2D eigenvalue weighted by molar-refractivity contribution is 0.0592. The molecule has 0 spiro atoms. The first kappa shape index (κ1) is 33.8. The molecule has 0 radical (unpaired) electrons. The molecule has 0 amide bonds. The number of rotatable bonds is 11. The second-order valence-electron chi connectivity index (χ2n) is 11.8. The summed E-state index contributed by atoms with van der Waals surface area (Å²) in [4.78, 5) is 29.7. The number of ether oxygens (including phenoxy) is 2. The summed E-state index contributed by atoms with van der Waals surface area (Å²) >= 11 is 13.0. The second kappa shape index (κ2) is 15.0. The van der Waals surface area contributed by atoms with E-state index in [9.17, 15) is 9.59 Å². The Kier molecular flexibility index (Phi) is 10.4. The van der Waals surface area contributed by atoms with Crippen molar-refractivity contribution >= 4 is 46.8 Å². The molecular weight excluding hydrogens is 654 g/mol. The summed E-state index contributed by atoms with van der Waals surface area (Å²) in [6, 6.07) is 33.0. The molecule has 9 heteroatoms. The monoisotopic (exact) mass is 689 g/mol. The molecule has 0 saturated heterocycles. The number of methoxy groups -OCH3 is 2. The third-order valence-electron chi connectivity index (χ3n) is 8.66. The van der Waals surface area contributed by atoms with Crippen molar-refractivity contribution in [2.45, 2.75) is 39.3 Å². The Hall–Kier alpha value is -5.05. The summed E-state index contributed by atoms with van der Waals surface area (Å²) < 4.78 is 14.7. The highest BCUT2D eigenvalue weighted by atomic mass is 35.5. The van der Waals surface area contributed by atoms with Gasteiger partial charge in [0.05, 0.1) is 30.9 Å². The van der Waals surface area contributed by atoms with Gasteiger partial charge in [-0.15, -0.1) is 0 Å². The van der Waals surface area contributed by atoms with Gasteiger partial charge in [-0.2, -0.15) is 0 Å². The third-order valence-corrected chi connectivity index (χ3v) is 9.39. The van der Waals surface area contributed by atoms with Crippen molar-refractivity contribution in [2.75, 3.05) is 14.2 Å². The highest BCUT2D eigenvalue weighted by Crippen LogP contribution is 2.29. The zero-order valence-corrected chi connectivity index (χ0v) is 29.2. The van der Waals surface area contributed by atoms with Crippen LogP contribution in [0.15, 0.2) is 103 Å². The van der Waals surface area contributed by atoms with Gasteiger partial charge < -0.3 is 18.6 Å². The van der Waals surface area contributed by atoms with E-state index in [-0.39, 0.29) is 11.9 Å². The van der Waals surface area contributed by atoms with Gasteiger partial charge in [-0.1, -0.05) is 122 Å². The molecule has 0 aliphatic rings. The van der Waals surface area contributed by atoms with Crippen molar-refractivity contribution in [1.29, 1.82) is 0 Å². The molecule has 0 bridgehead atoms. The van der Waals surface area contributed by atoms with Crippen LogP contribution in [0.25, 0.3) is 33.3 Å². The van der Waals surface area contributed by atoms with Crippen LogP contribution < -0.4 is 0 Å². The van der Waals surface area contributed by atoms with Crippen molar-refractivity contribution in [2.24, 2.45) is 0 Å². The zero-order valence-electron chi connectivity index (χ0n) is 27.6. The first-order valence-corrected chi connectivity index (χ1v) is 16.9. The molecule has 248 valence electrons. The minimum atomic E-state index is -0.374.